The lowest BCUT2D eigenvalue weighted by Crippen LogP contribution is -2.48. The Labute approximate surface area is 602 Å². The molecule has 1 saturated heterocycles. The predicted molar refractivity (Wildman–Crippen MR) is 402 cm³/mol. The number of halogens is 3. The van der Waals surface area contributed by atoms with E-state index in [9.17, 15) is 38.1 Å². The molecule has 4 aromatic carbocycles. The Kier molecular flexibility index (Phi) is 41.3. The zero-order chi connectivity index (χ0) is 74.5. The number of aromatic nitrogens is 6. The first-order valence-corrected chi connectivity index (χ1v) is 35.1. The molecule has 10 rings (SSSR count). The number of hydrogen-bond donors (Lipinski definition) is 13. The summed E-state index contributed by atoms with van der Waals surface area (Å²) in [6.45, 7) is 13.8. The Morgan fingerprint density at radius 3 is 1.33 bits per heavy atom. The number of nitrogens with zero attached hydrogens (tertiary/aromatic N) is 3. The van der Waals surface area contributed by atoms with Crippen molar-refractivity contribution in [3.8, 4) is 33.7 Å². The number of isothiocyanates is 1. The van der Waals surface area contributed by atoms with E-state index in [1.54, 1.807) is 86.0 Å². The summed E-state index contributed by atoms with van der Waals surface area (Å²) in [5.41, 5.74) is 9.48. The number of methoxy groups -OCH3 is 5. The van der Waals surface area contributed by atoms with Crippen molar-refractivity contribution in [1.82, 2.24) is 51.7 Å². The Hall–Kier alpha value is -8.96. The van der Waals surface area contributed by atoms with Gasteiger partial charge in [-0.05, 0) is 161 Å². The molecule has 1 aliphatic heterocycles. The number of aromatic amines is 4. The number of H-pyrrole nitrogens is 4. The number of aliphatic imine (C=N–C) groups is 1. The van der Waals surface area contributed by atoms with Crippen LogP contribution in [0.5, 0.6) is 23.0 Å². The van der Waals surface area contributed by atoms with Crippen LogP contribution in [0.4, 0.5) is 5.13 Å². The van der Waals surface area contributed by atoms with Crippen LogP contribution >= 0.6 is 74.7 Å². The van der Waals surface area contributed by atoms with Crippen LogP contribution in [0.1, 0.15) is 85.8 Å². The molecular formula is C62H81Cl3N15O16PS3. The number of aliphatic hydroxyl groups excluding tert-OH is 1. The normalized spacial score (nSPS) is 10.7. The number of carbonyl (C=O) groups excluding carboxylic acids is 3. The lowest BCUT2D eigenvalue weighted by atomic mass is 10.2. The monoisotopic (exact) mass is 1520 g/mol. The average molecular weight is 1530 g/mol. The van der Waals surface area contributed by atoms with Crippen LogP contribution in [0.25, 0.3) is 54.3 Å². The van der Waals surface area contributed by atoms with Crippen molar-refractivity contribution < 1.29 is 58.0 Å². The van der Waals surface area contributed by atoms with E-state index in [1.807, 2.05) is 47.0 Å². The van der Waals surface area contributed by atoms with Crippen LogP contribution in [0.2, 0.25) is 0 Å². The second-order valence-corrected chi connectivity index (χ2v) is 28.5. The highest BCUT2D eigenvalue weighted by molar-refractivity contribution is 8.24. The van der Waals surface area contributed by atoms with Gasteiger partial charge >= 0.3 is 11.2 Å². The van der Waals surface area contributed by atoms with E-state index >= 15 is 0 Å². The van der Waals surface area contributed by atoms with Crippen LogP contribution in [0, 0.1) is 0 Å². The van der Waals surface area contributed by atoms with E-state index in [2.05, 4.69) is 124 Å². The summed E-state index contributed by atoms with van der Waals surface area (Å²) in [7, 11) is 8.44. The number of rotatable bonds is 12. The number of esters is 1. The Morgan fingerprint density at radius 2 is 1.00 bits per heavy atom. The molecule has 1 fully saturated rings. The largest absolute Gasteiger partial charge is 0.497 e. The fourth-order valence-corrected chi connectivity index (χ4v) is 9.18. The number of anilines is 1. The fourth-order valence-electron chi connectivity index (χ4n) is 7.82. The summed E-state index contributed by atoms with van der Waals surface area (Å²) in [6, 6.07) is 26.2. The quantitative estimate of drug-likeness (QED) is 0.0104. The first kappa shape index (κ1) is 89.1. The van der Waals surface area contributed by atoms with Gasteiger partial charge in [-0.3, -0.25) is 61.3 Å². The molecule has 38 heteroatoms. The summed E-state index contributed by atoms with van der Waals surface area (Å²) in [5, 5.41) is 24.2. The minimum absolute atomic E-state index is 0. The van der Waals surface area contributed by atoms with E-state index < -0.39 is 23.0 Å². The van der Waals surface area contributed by atoms with Gasteiger partial charge in [-0.1, -0.05) is 11.3 Å². The van der Waals surface area contributed by atoms with Crippen molar-refractivity contribution in [2.75, 3.05) is 61.2 Å². The molecule has 0 aliphatic carbocycles. The second kappa shape index (κ2) is 46.4. The van der Waals surface area contributed by atoms with Crippen LogP contribution < -0.4 is 85.1 Å². The highest BCUT2D eigenvalue weighted by atomic mass is 36.0. The molecule has 1 aliphatic rings. The molecule has 9 aromatic rings. The first-order chi connectivity index (χ1) is 47.0. The van der Waals surface area contributed by atoms with E-state index in [0.29, 0.717) is 77.8 Å². The third kappa shape index (κ3) is 31.1. The SMILES string of the molecule is C1CCOC1.CC(C)N=C=S.CO.COC(=O)c1cc(=O)c2ccc(OC)cc2[nH]1.COc1ccc2c(=O)cc(-c3nnc(NC(C)C)s3)[nH]c2c1.COc1ccc2c(=O)cc(C(=O)NN)[nH]c2c1.COc1ccc2c(=O)cc(C(=O)NNC(=S)NC(C)C)[nH]c2c1.NN.O.O=P(Cl)(Cl)Cl. The Bertz CT molecular complexity index is 4340. The summed E-state index contributed by atoms with van der Waals surface area (Å²) in [6.07, 6.45) is 2.56. The molecule has 0 bridgehead atoms. The van der Waals surface area contributed by atoms with Gasteiger partial charge in [0.2, 0.25) is 5.13 Å². The number of nitrogens with two attached hydrogens (primary N) is 3. The van der Waals surface area contributed by atoms with Gasteiger partial charge in [0.25, 0.3) is 11.8 Å². The van der Waals surface area contributed by atoms with Crippen molar-refractivity contribution in [3.63, 3.8) is 0 Å². The average Bonchev–Trinajstić information content (AvgIpc) is 1.08. The number of hydrogen-bond acceptors (Lipinski definition) is 25. The van der Waals surface area contributed by atoms with E-state index in [0.717, 1.165) is 31.0 Å². The molecule has 0 unspecified atom stereocenters. The van der Waals surface area contributed by atoms with Crippen molar-refractivity contribution in [2.45, 2.75) is 72.5 Å². The maximum absolute atomic E-state index is 12.2. The van der Waals surface area contributed by atoms with Gasteiger partial charge in [-0.25, -0.2) is 15.6 Å². The number of pyridine rings is 4. The maximum Gasteiger partial charge on any atom is 0.354 e. The van der Waals surface area contributed by atoms with Crippen molar-refractivity contribution in [2.24, 2.45) is 22.5 Å². The molecule has 18 N–H and O–H groups in total. The number of aliphatic hydroxyl groups is 1. The zero-order valence-electron chi connectivity index (χ0n) is 56.3. The highest BCUT2D eigenvalue weighted by Gasteiger charge is 2.15. The minimum atomic E-state index is -3.22. The van der Waals surface area contributed by atoms with E-state index in [4.69, 9.17) is 46.9 Å². The summed E-state index contributed by atoms with van der Waals surface area (Å²) in [4.78, 5) is 98.1. The van der Waals surface area contributed by atoms with Gasteiger partial charge in [0.1, 0.15) is 40.1 Å². The van der Waals surface area contributed by atoms with Crippen LogP contribution in [0.15, 0.2) is 121 Å². The highest BCUT2D eigenvalue weighted by Crippen LogP contribution is 2.61. The maximum atomic E-state index is 12.2. The lowest BCUT2D eigenvalue weighted by molar-refractivity contribution is 0.0594. The van der Waals surface area contributed by atoms with Gasteiger partial charge in [-0.2, -0.15) is 0 Å². The fraction of sp³-hybridized carbons (Fsp3) is 0.306. The van der Waals surface area contributed by atoms with Crippen LogP contribution in [-0.4, -0.2) is 143 Å². The first-order valence-electron chi connectivity index (χ1n) is 29.1. The van der Waals surface area contributed by atoms with Gasteiger partial charge in [0.15, 0.2) is 31.8 Å². The van der Waals surface area contributed by atoms with E-state index in [-0.39, 0.29) is 61.5 Å². The molecule has 0 spiro atoms. The van der Waals surface area contributed by atoms with Crippen molar-refractivity contribution in [1.29, 1.82) is 0 Å². The van der Waals surface area contributed by atoms with Gasteiger partial charge in [0.05, 0.1) is 74.5 Å². The number of benzene rings is 4. The number of fused-ring (bicyclic) bond motifs is 4. The molecule has 0 saturated carbocycles. The number of carbonyl (C=O) groups is 3. The summed E-state index contributed by atoms with van der Waals surface area (Å²) >= 11 is 24.6. The number of nitrogen functional groups attached to an aromatic ring is 1. The summed E-state index contributed by atoms with van der Waals surface area (Å²) in [5.74, 6) is 13.9. The molecule has 544 valence electrons. The van der Waals surface area contributed by atoms with Gasteiger partial charge < -0.3 is 69.6 Å². The second-order valence-electron chi connectivity index (χ2n) is 20.3. The van der Waals surface area contributed by atoms with Gasteiger partial charge in [-0.15, -0.1) is 10.2 Å². The van der Waals surface area contributed by atoms with Crippen LogP contribution in [0.3, 0.4) is 0 Å². The van der Waals surface area contributed by atoms with Gasteiger partial charge in [0, 0.05) is 102 Å². The molecule has 31 nitrogen and oxygen atoms in total. The van der Waals surface area contributed by atoms with Crippen molar-refractivity contribution in [3.05, 3.63) is 155 Å². The minimum Gasteiger partial charge on any atom is -0.497 e. The van der Waals surface area contributed by atoms with Crippen LogP contribution in [-0.2, 0) is 14.0 Å². The number of thiocarbonyl (C=S) groups is 2. The third-order valence-corrected chi connectivity index (χ3v) is 13.3. The number of amides is 2. The Morgan fingerprint density at radius 1 is 0.620 bits per heavy atom. The molecule has 100 heavy (non-hydrogen) atoms. The smallest absolute Gasteiger partial charge is 0.354 e. The molecule has 0 atom stereocenters. The predicted octanol–water partition coefficient (Wildman–Crippen LogP) is 8.10. The molecular weight excluding hydrogens is 1440 g/mol. The number of hydrazine groups is 3. The number of ether oxygens (including phenoxy) is 6. The van der Waals surface area contributed by atoms with E-state index in [1.165, 1.54) is 70.8 Å². The molecule has 0 radical (unpaired) electrons. The van der Waals surface area contributed by atoms with Crippen molar-refractivity contribution >= 4 is 151 Å². The topological polar surface area (TPSA) is 483 Å². The lowest BCUT2D eigenvalue weighted by Gasteiger charge is -2.13. The standard InChI is InChI=1S/C15H18N4O3S.C15H16N4O2S.C12H11NO4.C11H11N3O3.C4H7NS.C4H8O.CH4O.Cl3OP.H4N2.H2O/c1-8(2)16-15(23)19-18-14(21)12-7-13(20)10-5-4-9(22-3)6-11(10)17-12;1-8(2)16-15-19-18-14(22-15)12-7-13(20)10-5-4-9(21-3)6-11(10)17-12;1-16-7-3-4-8-9(5-7)13-10(6-11(8)14)12(15)17-2;1-17-6-2-3-7-8(4-6)13-9(5-10(7)15)11(16)14-12;1-4(2)5-3-6;1-2-4-5-3-1;1-2;1-5(2,3)4;1-2;/h4-8H,1-3H3,(H,17,20)(H,18,21)(H2,16,19,23);4-8H,1-3H3,(H,16,19)(H,17,20);3-6H,1-2H3,(H,13,14);2-5H,12H2,1H3,(H,13,15)(H,14,16);4H,1-2H3;1-4H2;2H,1H3;;1-2H2;1H2. The zero-order valence-corrected chi connectivity index (χ0v) is 62.0. The molecule has 6 heterocycles. The Balaban J connectivity index is 0.000000611. The molecule has 5 aromatic heterocycles. The molecule has 2 amide bonds. The third-order valence-electron chi connectivity index (χ3n) is 12.1. The summed E-state index contributed by atoms with van der Waals surface area (Å²) < 4.78 is 39.4. The number of nitrogens with one attached hydrogen (secondary N) is 9.